The summed E-state index contributed by atoms with van der Waals surface area (Å²) in [5, 5.41) is 12.5. The third-order valence-electron chi connectivity index (χ3n) is 3.69. The fraction of sp³-hybridized carbons (Fsp3) is 0.158. The average molecular weight is 337 g/mol. The lowest BCUT2D eigenvalue weighted by molar-refractivity contribution is 0.0948. The third-order valence-corrected chi connectivity index (χ3v) is 3.69. The number of carbonyl (C=O) groups is 1. The summed E-state index contributed by atoms with van der Waals surface area (Å²) in [6.07, 6.45) is 1.57. The largest absolute Gasteiger partial charge is 0.508 e. The second-order valence-electron chi connectivity index (χ2n) is 5.77. The molecule has 0 spiro atoms. The van der Waals surface area contributed by atoms with Crippen LogP contribution in [-0.4, -0.2) is 30.1 Å². The lowest BCUT2D eigenvalue weighted by atomic mass is 10.1. The summed E-state index contributed by atoms with van der Waals surface area (Å²) in [4.78, 5) is 18.9. The highest BCUT2D eigenvalue weighted by Crippen LogP contribution is 2.25. The van der Waals surface area contributed by atoms with E-state index in [1.165, 1.54) is 0 Å². The smallest absolute Gasteiger partial charge is 0.255 e. The van der Waals surface area contributed by atoms with Crippen LogP contribution in [0.4, 0.5) is 5.82 Å². The Bertz CT molecular complexity index is 873. The number of hydrogen-bond donors (Lipinski definition) is 2. The molecule has 0 unspecified atom stereocenters. The van der Waals surface area contributed by atoms with E-state index in [0.29, 0.717) is 29.4 Å². The Morgan fingerprint density at radius 2 is 2.04 bits per heavy atom. The van der Waals surface area contributed by atoms with Crippen molar-refractivity contribution in [2.75, 3.05) is 19.0 Å². The molecule has 0 radical (unpaired) electrons. The predicted octanol–water partition coefficient (Wildman–Crippen LogP) is 3.04. The summed E-state index contributed by atoms with van der Waals surface area (Å²) >= 11 is 0. The summed E-state index contributed by atoms with van der Waals surface area (Å²) in [6, 6.07) is 13.9. The number of aromatic hydroxyl groups is 1. The fourth-order valence-corrected chi connectivity index (χ4v) is 2.47. The molecule has 128 valence electrons. The molecule has 25 heavy (non-hydrogen) atoms. The van der Waals surface area contributed by atoms with Gasteiger partial charge in [-0.05, 0) is 36.4 Å². The Hall–Kier alpha value is -3.28. The summed E-state index contributed by atoms with van der Waals surface area (Å²) in [5.41, 5.74) is 1.94. The van der Waals surface area contributed by atoms with E-state index in [4.69, 9.17) is 4.42 Å². The van der Waals surface area contributed by atoms with Crippen molar-refractivity contribution in [3.05, 3.63) is 66.1 Å². The Labute approximate surface area is 145 Å². The van der Waals surface area contributed by atoms with Crippen molar-refractivity contribution in [3.8, 4) is 17.0 Å². The number of rotatable bonds is 5. The van der Waals surface area contributed by atoms with E-state index in [1.807, 2.05) is 20.2 Å². The molecule has 0 saturated heterocycles. The molecule has 0 atom stereocenters. The zero-order chi connectivity index (χ0) is 17.8. The first-order valence-electron chi connectivity index (χ1n) is 7.83. The first kappa shape index (κ1) is 16.6. The molecular formula is C19H19N3O3. The van der Waals surface area contributed by atoms with Crippen molar-refractivity contribution < 1.29 is 14.3 Å². The highest BCUT2D eigenvalue weighted by atomic mass is 16.3. The summed E-state index contributed by atoms with van der Waals surface area (Å²) in [6.45, 7) is 0.313. The van der Waals surface area contributed by atoms with Gasteiger partial charge in [-0.2, -0.15) is 0 Å². The predicted molar refractivity (Wildman–Crippen MR) is 95.5 cm³/mol. The normalized spacial score (nSPS) is 10.5. The van der Waals surface area contributed by atoms with Crippen molar-refractivity contribution in [3.63, 3.8) is 0 Å². The van der Waals surface area contributed by atoms with Gasteiger partial charge in [0.25, 0.3) is 5.91 Å². The zero-order valence-corrected chi connectivity index (χ0v) is 14.1. The monoisotopic (exact) mass is 337 g/mol. The zero-order valence-electron chi connectivity index (χ0n) is 14.1. The number of anilines is 1. The van der Waals surface area contributed by atoms with E-state index < -0.39 is 0 Å². The molecule has 2 N–H and O–H groups in total. The second-order valence-corrected chi connectivity index (χ2v) is 5.77. The number of benzene rings is 1. The summed E-state index contributed by atoms with van der Waals surface area (Å²) < 4.78 is 5.22. The minimum atomic E-state index is -0.227. The fourth-order valence-electron chi connectivity index (χ4n) is 2.47. The van der Waals surface area contributed by atoms with Gasteiger partial charge >= 0.3 is 0 Å². The maximum atomic E-state index is 12.5. The highest BCUT2D eigenvalue weighted by Gasteiger charge is 2.16. The van der Waals surface area contributed by atoms with Crippen LogP contribution in [0.1, 0.15) is 16.1 Å². The van der Waals surface area contributed by atoms with Gasteiger partial charge in [-0.3, -0.25) is 4.79 Å². The van der Waals surface area contributed by atoms with Crippen LogP contribution < -0.4 is 10.2 Å². The maximum absolute atomic E-state index is 12.5. The van der Waals surface area contributed by atoms with Gasteiger partial charge in [0.2, 0.25) is 0 Å². The molecule has 6 nitrogen and oxygen atoms in total. The van der Waals surface area contributed by atoms with E-state index in [-0.39, 0.29) is 11.7 Å². The molecule has 2 heterocycles. The lowest BCUT2D eigenvalue weighted by Crippen LogP contribution is -2.26. The standard InChI is InChI=1S/C19H19N3O3/c1-22(2)18-16(19(24)20-12-15-7-4-10-25-15)8-9-17(21-18)13-5-3-6-14(23)11-13/h3-11,23H,12H2,1-2H3,(H,20,24). The molecule has 0 saturated carbocycles. The number of nitrogens with one attached hydrogen (secondary N) is 1. The molecule has 0 aliphatic heterocycles. The van der Waals surface area contributed by atoms with Crippen LogP contribution in [-0.2, 0) is 6.54 Å². The van der Waals surface area contributed by atoms with Gasteiger partial charge in [0.1, 0.15) is 17.3 Å². The third kappa shape index (κ3) is 3.80. The van der Waals surface area contributed by atoms with Gasteiger partial charge in [-0.15, -0.1) is 0 Å². The van der Waals surface area contributed by atoms with Crippen molar-refractivity contribution in [1.29, 1.82) is 0 Å². The lowest BCUT2D eigenvalue weighted by Gasteiger charge is -2.17. The van der Waals surface area contributed by atoms with Crippen LogP contribution >= 0.6 is 0 Å². The number of nitrogens with zero attached hydrogens (tertiary/aromatic N) is 2. The summed E-state index contributed by atoms with van der Waals surface area (Å²) in [5.74, 6) is 1.18. The van der Waals surface area contributed by atoms with Crippen LogP contribution in [0.15, 0.2) is 59.2 Å². The van der Waals surface area contributed by atoms with E-state index >= 15 is 0 Å². The Balaban J connectivity index is 1.87. The van der Waals surface area contributed by atoms with Crippen molar-refractivity contribution in [1.82, 2.24) is 10.3 Å². The Morgan fingerprint density at radius 1 is 1.20 bits per heavy atom. The van der Waals surface area contributed by atoms with Gasteiger partial charge in [0.15, 0.2) is 0 Å². The van der Waals surface area contributed by atoms with Gasteiger partial charge in [-0.25, -0.2) is 4.98 Å². The average Bonchev–Trinajstić information content (AvgIpc) is 3.12. The van der Waals surface area contributed by atoms with E-state index in [2.05, 4.69) is 10.3 Å². The molecule has 1 aromatic carbocycles. The molecular weight excluding hydrogens is 318 g/mol. The van der Waals surface area contributed by atoms with Crippen LogP contribution in [0.25, 0.3) is 11.3 Å². The van der Waals surface area contributed by atoms with E-state index in [1.54, 1.807) is 53.6 Å². The number of phenols is 1. The molecule has 1 amide bonds. The molecule has 0 bridgehead atoms. The van der Waals surface area contributed by atoms with Crippen LogP contribution in [0.3, 0.4) is 0 Å². The minimum Gasteiger partial charge on any atom is -0.508 e. The van der Waals surface area contributed by atoms with Crippen LogP contribution in [0, 0.1) is 0 Å². The van der Waals surface area contributed by atoms with Crippen molar-refractivity contribution in [2.45, 2.75) is 6.54 Å². The van der Waals surface area contributed by atoms with E-state index in [0.717, 1.165) is 5.56 Å². The summed E-state index contributed by atoms with van der Waals surface area (Å²) in [7, 11) is 3.66. The van der Waals surface area contributed by atoms with Gasteiger partial charge < -0.3 is 19.7 Å². The molecule has 0 aliphatic rings. The molecule has 6 heteroatoms. The number of phenolic OH excluding ortho intramolecular Hbond substituents is 1. The van der Waals surface area contributed by atoms with Gasteiger partial charge in [-0.1, -0.05) is 12.1 Å². The van der Waals surface area contributed by atoms with Crippen molar-refractivity contribution in [2.24, 2.45) is 0 Å². The maximum Gasteiger partial charge on any atom is 0.255 e. The molecule has 0 fully saturated rings. The number of furan rings is 1. The van der Waals surface area contributed by atoms with Crippen LogP contribution in [0.5, 0.6) is 5.75 Å². The molecule has 3 rings (SSSR count). The van der Waals surface area contributed by atoms with Crippen molar-refractivity contribution >= 4 is 11.7 Å². The Morgan fingerprint density at radius 3 is 2.72 bits per heavy atom. The Kier molecular flexibility index (Phi) is 4.70. The second kappa shape index (κ2) is 7.09. The number of amides is 1. The van der Waals surface area contributed by atoms with E-state index in [9.17, 15) is 9.90 Å². The van der Waals surface area contributed by atoms with Gasteiger partial charge in [0, 0.05) is 19.7 Å². The molecule has 0 aliphatic carbocycles. The quantitative estimate of drug-likeness (QED) is 0.748. The van der Waals surface area contributed by atoms with Gasteiger partial charge in [0.05, 0.1) is 24.1 Å². The molecule has 3 aromatic rings. The minimum absolute atomic E-state index is 0.172. The SMILES string of the molecule is CN(C)c1nc(-c2cccc(O)c2)ccc1C(=O)NCc1ccco1. The number of hydrogen-bond acceptors (Lipinski definition) is 5. The van der Waals surface area contributed by atoms with Crippen LogP contribution in [0.2, 0.25) is 0 Å². The number of aromatic nitrogens is 1. The molecule has 2 aromatic heterocycles. The first-order chi connectivity index (χ1) is 12.0. The number of pyridine rings is 1. The highest BCUT2D eigenvalue weighted by molar-refractivity contribution is 5.99. The first-order valence-corrected chi connectivity index (χ1v) is 7.83. The topological polar surface area (TPSA) is 78.6 Å². The number of carbonyl (C=O) groups excluding carboxylic acids is 1.